The van der Waals surface area contributed by atoms with Crippen molar-refractivity contribution in [2.45, 2.75) is 13.5 Å². The zero-order chi connectivity index (χ0) is 21.5. The SMILES string of the molecule is CON=C(C(C)=NOCc1c(OC)cccc1-n1nnn(C)c1=O)c1ccccc1. The van der Waals surface area contributed by atoms with Crippen LogP contribution in [-0.4, -0.2) is 45.4 Å². The van der Waals surface area contributed by atoms with Crippen molar-refractivity contribution in [2.24, 2.45) is 17.4 Å². The third-order valence-electron chi connectivity index (χ3n) is 4.26. The molecule has 3 rings (SSSR count). The van der Waals surface area contributed by atoms with Gasteiger partial charge < -0.3 is 14.4 Å². The maximum absolute atomic E-state index is 12.3. The Hall–Kier alpha value is -3.95. The van der Waals surface area contributed by atoms with Gasteiger partial charge >= 0.3 is 5.69 Å². The van der Waals surface area contributed by atoms with Crippen LogP contribution in [0.3, 0.4) is 0 Å². The van der Waals surface area contributed by atoms with Gasteiger partial charge in [-0.3, -0.25) is 0 Å². The van der Waals surface area contributed by atoms with E-state index < -0.39 is 0 Å². The van der Waals surface area contributed by atoms with Gasteiger partial charge in [-0.2, -0.15) is 9.36 Å². The fourth-order valence-electron chi connectivity index (χ4n) is 2.81. The first kappa shape index (κ1) is 20.8. The number of aryl methyl sites for hydroxylation is 1. The van der Waals surface area contributed by atoms with Gasteiger partial charge in [-0.15, -0.1) is 0 Å². The van der Waals surface area contributed by atoms with Gasteiger partial charge in [0.05, 0.1) is 18.4 Å². The van der Waals surface area contributed by atoms with Crippen LogP contribution in [0.4, 0.5) is 0 Å². The van der Waals surface area contributed by atoms with Crippen molar-refractivity contribution in [3.05, 3.63) is 70.1 Å². The smallest absolute Gasteiger partial charge is 0.368 e. The highest BCUT2D eigenvalue weighted by Gasteiger charge is 2.16. The molecule has 0 N–H and O–H groups in total. The molecular weight excluding hydrogens is 388 g/mol. The summed E-state index contributed by atoms with van der Waals surface area (Å²) in [6.45, 7) is 1.80. The molecule has 0 aliphatic rings. The normalized spacial score (nSPS) is 12.0. The third-order valence-corrected chi connectivity index (χ3v) is 4.26. The van der Waals surface area contributed by atoms with Crippen molar-refractivity contribution in [2.75, 3.05) is 14.2 Å². The maximum Gasteiger partial charge on any atom is 0.368 e. The molecule has 10 nitrogen and oxygen atoms in total. The number of hydrogen-bond acceptors (Lipinski definition) is 8. The predicted molar refractivity (Wildman–Crippen MR) is 111 cm³/mol. The van der Waals surface area contributed by atoms with Crippen molar-refractivity contribution >= 4 is 11.4 Å². The number of nitrogens with zero attached hydrogens (tertiary/aromatic N) is 6. The Morgan fingerprint density at radius 3 is 2.43 bits per heavy atom. The number of benzene rings is 2. The molecule has 0 fully saturated rings. The van der Waals surface area contributed by atoms with Crippen LogP contribution in [0.2, 0.25) is 0 Å². The molecule has 0 aliphatic heterocycles. The van der Waals surface area contributed by atoms with Crippen molar-refractivity contribution < 1.29 is 14.4 Å². The number of hydrogen-bond donors (Lipinski definition) is 0. The molecule has 30 heavy (non-hydrogen) atoms. The van der Waals surface area contributed by atoms with Crippen LogP contribution in [0.1, 0.15) is 18.1 Å². The molecule has 1 heterocycles. The molecule has 0 aliphatic carbocycles. The monoisotopic (exact) mass is 410 g/mol. The Kier molecular flexibility index (Phi) is 6.58. The Bertz CT molecular complexity index is 1120. The molecular formula is C20H22N6O4. The largest absolute Gasteiger partial charge is 0.496 e. The first-order chi connectivity index (χ1) is 14.6. The Labute approximate surface area is 172 Å². The van der Waals surface area contributed by atoms with Crippen LogP contribution >= 0.6 is 0 Å². The molecule has 0 spiro atoms. The fourth-order valence-corrected chi connectivity index (χ4v) is 2.81. The van der Waals surface area contributed by atoms with Gasteiger partial charge in [0, 0.05) is 12.6 Å². The van der Waals surface area contributed by atoms with Gasteiger partial charge in [0.25, 0.3) is 0 Å². The Morgan fingerprint density at radius 1 is 1.03 bits per heavy atom. The molecule has 1 aromatic heterocycles. The Morgan fingerprint density at radius 2 is 1.80 bits per heavy atom. The molecule has 0 saturated heterocycles. The molecule has 0 unspecified atom stereocenters. The van der Waals surface area contributed by atoms with E-state index in [9.17, 15) is 4.79 Å². The van der Waals surface area contributed by atoms with Crippen LogP contribution < -0.4 is 10.4 Å². The van der Waals surface area contributed by atoms with E-state index in [0.29, 0.717) is 28.4 Å². The molecule has 2 aromatic carbocycles. The van der Waals surface area contributed by atoms with Gasteiger partial charge in [-0.05, 0) is 29.5 Å². The first-order valence-electron chi connectivity index (χ1n) is 9.05. The van der Waals surface area contributed by atoms with E-state index in [1.807, 2.05) is 30.3 Å². The van der Waals surface area contributed by atoms with Crippen molar-refractivity contribution in [3.63, 3.8) is 0 Å². The zero-order valence-corrected chi connectivity index (χ0v) is 17.1. The second kappa shape index (κ2) is 9.50. The third kappa shape index (κ3) is 4.37. The number of oxime groups is 2. The average Bonchev–Trinajstić information content (AvgIpc) is 3.10. The lowest BCUT2D eigenvalue weighted by Crippen LogP contribution is -2.23. The van der Waals surface area contributed by atoms with E-state index in [0.717, 1.165) is 10.2 Å². The minimum absolute atomic E-state index is 0.0365. The van der Waals surface area contributed by atoms with Gasteiger partial charge in [0.2, 0.25) is 0 Å². The minimum atomic E-state index is -0.386. The second-order valence-electron chi connectivity index (χ2n) is 6.19. The quantitative estimate of drug-likeness (QED) is 0.415. The molecule has 0 saturated carbocycles. The molecule has 0 bridgehead atoms. The standard InChI is InChI=1S/C20H22N6O4/c1-14(19(22-29-4)15-9-6-5-7-10-15)21-30-13-16-17(11-8-12-18(16)28-3)26-20(27)25(2)23-24-26/h5-12H,13H2,1-4H3. The topological polar surface area (TPSA) is 105 Å². The lowest BCUT2D eigenvalue weighted by atomic mass is 10.1. The summed E-state index contributed by atoms with van der Waals surface area (Å²) in [6.07, 6.45) is 0. The number of methoxy groups -OCH3 is 1. The van der Waals surface area contributed by atoms with E-state index in [4.69, 9.17) is 14.4 Å². The number of aromatic nitrogens is 4. The van der Waals surface area contributed by atoms with Crippen molar-refractivity contribution in [3.8, 4) is 11.4 Å². The van der Waals surface area contributed by atoms with E-state index in [-0.39, 0.29) is 12.3 Å². The molecule has 0 amide bonds. The van der Waals surface area contributed by atoms with E-state index in [1.165, 1.54) is 25.9 Å². The summed E-state index contributed by atoms with van der Waals surface area (Å²) in [5.41, 5.74) is 2.62. The molecule has 0 atom stereocenters. The zero-order valence-electron chi connectivity index (χ0n) is 17.1. The van der Waals surface area contributed by atoms with Crippen LogP contribution in [0.25, 0.3) is 5.69 Å². The van der Waals surface area contributed by atoms with E-state index >= 15 is 0 Å². The summed E-state index contributed by atoms with van der Waals surface area (Å²) >= 11 is 0. The van der Waals surface area contributed by atoms with Gasteiger partial charge in [-0.1, -0.05) is 46.7 Å². The van der Waals surface area contributed by atoms with Crippen LogP contribution in [0.15, 0.2) is 63.6 Å². The highest BCUT2D eigenvalue weighted by Crippen LogP contribution is 2.25. The van der Waals surface area contributed by atoms with E-state index in [1.54, 1.807) is 25.1 Å². The fraction of sp³-hybridized carbons (Fsp3) is 0.250. The summed E-state index contributed by atoms with van der Waals surface area (Å²) in [5.74, 6) is 0.534. The van der Waals surface area contributed by atoms with Crippen LogP contribution in [0, 0.1) is 0 Å². The number of ether oxygens (including phenoxy) is 1. The van der Waals surface area contributed by atoms with Gasteiger partial charge in [-0.25, -0.2) is 4.79 Å². The Balaban J connectivity index is 1.89. The lowest BCUT2D eigenvalue weighted by Gasteiger charge is -2.12. The van der Waals surface area contributed by atoms with Crippen molar-refractivity contribution in [1.29, 1.82) is 0 Å². The maximum atomic E-state index is 12.3. The van der Waals surface area contributed by atoms with E-state index in [2.05, 4.69) is 20.7 Å². The summed E-state index contributed by atoms with van der Waals surface area (Å²) < 4.78 is 7.74. The summed E-state index contributed by atoms with van der Waals surface area (Å²) in [6, 6.07) is 14.8. The molecule has 3 aromatic rings. The van der Waals surface area contributed by atoms with Crippen molar-refractivity contribution in [1.82, 2.24) is 19.8 Å². The van der Waals surface area contributed by atoms with Gasteiger partial charge in [0.15, 0.2) is 0 Å². The highest BCUT2D eigenvalue weighted by molar-refractivity contribution is 6.47. The second-order valence-corrected chi connectivity index (χ2v) is 6.19. The van der Waals surface area contributed by atoms with Gasteiger partial charge in [0.1, 0.15) is 30.9 Å². The lowest BCUT2D eigenvalue weighted by molar-refractivity contribution is 0.128. The molecule has 10 heteroatoms. The average molecular weight is 410 g/mol. The minimum Gasteiger partial charge on any atom is -0.496 e. The molecule has 0 radical (unpaired) electrons. The first-order valence-corrected chi connectivity index (χ1v) is 9.05. The highest BCUT2D eigenvalue weighted by atomic mass is 16.6. The summed E-state index contributed by atoms with van der Waals surface area (Å²) in [5, 5.41) is 15.9. The van der Waals surface area contributed by atoms with Crippen LogP contribution in [-0.2, 0) is 23.3 Å². The molecule has 156 valence electrons. The number of tetrazole rings is 1. The summed E-state index contributed by atoms with van der Waals surface area (Å²) in [7, 11) is 4.53. The number of rotatable bonds is 8. The predicted octanol–water partition coefficient (Wildman–Crippen LogP) is 1.92. The summed E-state index contributed by atoms with van der Waals surface area (Å²) in [4.78, 5) is 22.8. The van der Waals surface area contributed by atoms with Crippen LogP contribution in [0.5, 0.6) is 5.75 Å².